The van der Waals surface area contributed by atoms with E-state index in [9.17, 15) is 14.7 Å². The third-order valence-electron chi connectivity index (χ3n) is 6.83. The Kier molecular flexibility index (Phi) is 4.36. The summed E-state index contributed by atoms with van der Waals surface area (Å²) in [5.74, 6) is -0.321. The number of rotatable bonds is 3. The first-order valence-electron chi connectivity index (χ1n) is 10.4. The van der Waals surface area contributed by atoms with Crippen molar-refractivity contribution >= 4 is 17.5 Å². The van der Waals surface area contributed by atoms with Gasteiger partial charge in [-0.25, -0.2) is 4.90 Å². The first-order chi connectivity index (χ1) is 14.9. The number of imide groups is 1. The van der Waals surface area contributed by atoms with Gasteiger partial charge in [-0.05, 0) is 54.8 Å². The Labute approximate surface area is 181 Å². The van der Waals surface area contributed by atoms with Gasteiger partial charge in [0.25, 0.3) is 0 Å². The van der Waals surface area contributed by atoms with Gasteiger partial charge in [0.15, 0.2) is 0 Å². The van der Waals surface area contributed by atoms with Crippen molar-refractivity contribution < 1.29 is 19.4 Å². The van der Waals surface area contributed by atoms with Gasteiger partial charge in [0.1, 0.15) is 11.5 Å². The molecule has 0 spiro atoms. The van der Waals surface area contributed by atoms with Crippen LogP contribution < -0.4 is 9.64 Å². The molecule has 0 radical (unpaired) electrons. The summed E-state index contributed by atoms with van der Waals surface area (Å²) in [6.07, 6.45) is 6.50. The zero-order valence-corrected chi connectivity index (χ0v) is 17.2. The first kappa shape index (κ1) is 19.4. The lowest BCUT2D eigenvalue weighted by Crippen LogP contribution is -2.44. The van der Waals surface area contributed by atoms with Crippen LogP contribution in [0.2, 0.25) is 0 Å². The summed E-state index contributed by atoms with van der Waals surface area (Å²) in [6, 6.07) is 14.1. The van der Waals surface area contributed by atoms with Gasteiger partial charge >= 0.3 is 0 Å². The van der Waals surface area contributed by atoms with Gasteiger partial charge in [0.2, 0.25) is 11.8 Å². The molecular formula is C26H23NO4. The van der Waals surface area contributed by atoms with Crippen LogP contribution in [-0.4, -0.2) is 16.9 Å². The molecule has 2 heterocycles. The van der Waals surface area contributed by atoms with Gasteiger partial charge in [0, 0.05) is 17.9 Å². The number of hydrogen-bond donors (Lipinski definition) is 1. The average molecular weight is 413 g/mol. The quantitative estimate of drug-likeness (QED) is 0.751. The van der Waals surface area contributed by atoms with Crippen molar-refractivity contribution in [3.63, 3.8) is 0 Å². The number of anilines is 1. The minimum atomic E-state index is -0.950. The van der Waals surface area contributed by atoms with Crippen LogP contribution in [0.1, 0.15) is 18.9 Å². The molecule has 1 aliphatic carbocycles. The largest absolute Gasteiger partial charge is 0.508 e. The van der Waals surface area contributed by atoms with Gasteiger partial charge in [-0.2, -0.15) is 0 Å². The standard InChI is InChI=1S/C26H23NO4/c1-3-16-9-11-21-24(29)27(19-7-5-4-6-8-19)25(30)26(21,2)23(16)18-13-17-14-20(28)10-12-22(17)31-15-18/h3-10,12,14-15,21,23,28H,1,11,13H2,2H3/t21-,23+,26+/m0/s1. The third-order valence-corrected chi connectivity index (χ3v) is 6.83. The van der Waals surface area contributed by atoms with Crippen molar-refractivity contribution in [2.75, 3.05) is 4.90 Å². The Balaban J connectivity index is 1.60. The van der Waals surface area contributed by atoms with Crippen molar-refractivity contribution in [1.29, 1.82) is 0 Å². The molecule has 5 nitrogen and oxygen atoms in total. The van der Waals surface area contributed by atoms with E-state index >= 15 is 0 Å². The van der Waals surface area contributed by atoms with E-state index < -0.39 is 11.3 Å². The molecule has 0 saturated carbocycles. The van der Waals surface area contributed by atoms with Crippen LogP contribution in [0.5, 0.6) is 11.5 Å². The number of carbonyl (C=O) groups excluding carboxylic acids is 2. The molecule has 3 atom stereocenters. The van der Waals surface area contributed by atoms with Crippen LogP contribution in [-0.2, 0) is 16.0 Å². The number of phenolic OH excluding ortho intramolecular Hbond substituents is 1. The summed E-state index contributed by atoms with van der Waals surface area (Å²) in [5.41, 5.74) is 2.31. The van der Waals surface area contributed by atoms with E-state index in [0.29, 0.717) is 24.3 Å². The number of aromatic hydroxyl groups is 1. The Morgan fingerprint density at radius 2 is 1.97 bits per heavy atom. The fraction of sp³-hybridized carbons (Fsp3) is 0.231. The highest BCUT2D eigenvalue weighted by atomic mass is 16.5. The number of allylic oxidation sites excluding steroid dienone is 4. The third kappa shape index (κ3) is 2.76. The van der Waals surface area contributed by atoms with Gasteiger partial charge in [0.05, 0.1) is 23.3 Å². The molecule has 31 heavy (non-hydrogen) atoms. The van der Waals surface area contributed by atoms with Crippen molar-refractivity contribution in [3.05, 3.63) is 90.2 Å². The molecule has 5 heteroatoms. The number of fused-ring (bicyclic) bond motifs is 2. The van der Waals surface area contributed by atoms with Gasteiger partial charge in [-0.15, -0.1) is 0 Å². The highest BCUT2D eigenvalue weighted by Crippen LogP contribution is 2.56. The summed E-state index contributed by atoms with van der Waals surface area (Å²) in [7, 11) is 0. The fourth-order valence-electron chi connectivity index (χ4n) is 5.30. The van der Waals surface area contributed by atoms with Crippen LogP contribution >= 0.6 is 0 Å². The van der Waals surface area contributed by atoms with Crippen LogP contribution in [0.15, 0.2) is 84.7 Å². The summed E-state index contributed by atoms with van der Waals surface area (Å²) in [4.78, 5) is 28.5. The van der Waals surface area contributed by atoms with Gasteiger partial charge in [-0.3, -0.25) is 9.59 Å². The molecule has 156 valence electrons. The van der Waals surface area contributed by atoms with Gasteiger partial charge < -0.3 is 9.84 Å². The Morgan fingerprint density at radius 3 is 2.71 bits per heavy atom. The number of amides is 2. The molecule has 1 fully saturated rings. The number of phenols is 1. The summed E-state index contributed by atoms with van der Waals surface area (Å²) in [5, 5.41) is 9.91. The van der Waals surface area contributed by atoms with E-state index in [2.05, 4.69) is 6.58 Å². The van der Waals surface area contributed by atoms with Crippen molar-refractivity contribution in [2.24, 2.45) is 17.3 Å². The normalized spacial score (nSPS) is 27.1. The van der Waals surface area contributed by atoms with Gasteiger partial charge in [-0.1, -0.05) is 36.9 Å². The van der Waals surface area contributed by atoms with E-state index in [1.165, 1.54) is 4.90 Å². The second kappa shape index (κ2) is 6.98. The topological polar surface area (TPSA) is 66.8 Å². The monoisotopic (exact) mass is 413 g/mol. The molecule has 2 amide bonds. The molecular weight excluding hydrogens is 390 g/mol. The van der Waals surface area contributed by atoms with Crippen molar-refractivity contribution in [1.82, 2.24) is 0 Å². The van der Waals surface area contributed by atoms with Crippen molar-refractivity contribution in [3.8, 4) is 11.5 Å². The smallest absolute Gasteiger partial charge is 0.241 e. The maximum absolute atomic E-state index is 13.8. The van der Waals surface area contributed by atoms with E-state index in [1.54, 1.807) is 42.7 Å². The van der Waals surface area contributed by atoms with E-state index in [1.807, 2.05) is 31.2 Å². The Morgan fingerprint density at radius 1 is 1.19 bits per heavy atom. The molecule has 0 aromatic heterocycles. The number of para-hydroxylation sites is 1. The molecule has 1 saturated heterocycles. The molecule has 0 bridgehead atoms. The van der Waals surface area contributed by atoms with Crippen LogP contribution in [0.25, 0.3) is 0 Å². The van der Waals surface area contributed by atoms with E-state index in [0.717, 1.165) is 16.7 Å². The summed E-state index contributed by atoms with van der Waals surface area (Å²) >= 11 is 0. The number of carbonyl (C=O) groups is 2. The van der Waals surface area contributed by atoms with Crippen LogP contribution in [0, 0.1) is 17.3 Å². The molecule has 3 aliphatic rings. The predicted octanol–water partition coefficient (Wildman–Crippen LogP) is 4.54. The maximum Gasteiger partial charge on any atom is 0.241 e. The summed E-state index contributed by atoms with van der Waals surface area (Å²) in [6.45, 7) is 5.86. The lowest BCUT2D eigenvalue weighted by atomic mass is 9.59. The second-order valence-corrected chi connectivity index (χ2v) is 8.51. The maximum atomic E-state index is 13.8. The van der Waals surface area contributed by atoms with E-state index in [4.69, 9.17) is 4.74 Å². The number of ether oxygens (including phenoxy) is 1. The lowest BCUT2D eigenvalue weighted by molar-refractivity contribution is -0.128. The SMILES string of the molecule is C=CC1=CC[C@H]2C(=O)N(c3ccccc3)C(=O)[C@@]2(C)[C@H]1C1=COc2ccc(O)cc2C1. The molecule has 1 N–H and O–H groups in total. The number of nitrogens with zero attached hydrogens (tertiary/aromatic N) is 1. The molecule has 0 unspecified atom stereocenters. The second-order valence-electron chi connectivity index (χ2n) is 8.51. The van der Waals surface area contributed by atoms with Crippen LogP contribution in [0.4, 0.5) is 5.69 Å². The molecule has 5 rings (SSSR count). The highest BCUT2D eigenvalue weighted by molar-refractivity contribution is 6.24. The van der Waals surface area contributed by atoms with E-state index in [-0.39, 0.29) is 23.5 Å². The first-order valence-corrected chi connectivity index (χ1v) is 10.4. The minimum Gasteiger partial charge on any atom is -0.508 e. The summed E-state index contributed by atoms with van der Waals surface area (Å²) < 4.78 is 5.86. The molecule has 2 aromatic carbocycles. The van der Waals surface area contributed by atoms with Crippen molar-refractivity contribution in [2.45, 2.75) is 19.8 Å². The predicted molar refractivity (Wildman–Crippen MR) is 117 cm³/mol. The lowest BCUT2D eigenvalue weighted by Gasteiger charge is -2.41. The average Bonchev–Trinajstić information content (AvgIpc) is 2.98. The molecule has 2 aliphatic heterocycles. The number of benzene rings is 2. The molecule has 2 aromatic rings. The fourth-order valence-corrected chi connectivity index (χ4v) is 5.30. The highest BCUT2D eigenvalue weighted by Gasteiger charge is 2.62. The Hall–Kier alpha value is -3.60. The number of hydrogen-bond acceptors (Lipinski definition) is 4. The zero-order chi connectivity index (χ0) is 21.8. The van der Waals surface area contributed by atoms with Crippen LogP contribution in [0.3, 0.4) is 0 Å². The zero-order valence-electron chi connectivity index (χ0n) is 17.2. The Bertz CT molecular complexity index is 1160. The minimum absolute atomic E-state index is 0.165.